The summed E-state index contributed by atoms with van der Waals surface area (Å²) in [5.41, 5.74) is 2.42. The molecular weight excluding hydrogens is 464 g/mol. The summed E-state index contributed by atoms with van der Waals surface area (Å²) in [5, 5.41) is 13.9. The zero-order chi connectivity index (χ0) is 26.0. The molecule has 1 N–H and O–H groups in total. The molecule has 37 heavy (non-hydrogen) atoms. The number of pyridine rings is 1. The molecule has 1 saturated heterocycles. The minimum Gasteiger partial charge on any atom is -0.497 e. The summed E-state index contributed by atoms with van der Waals surface area (Å²) < 4.78 is 7.35. The molecule has 1 atom stereocenters. The number of hydrogen-bond donors (Lipinski definition) is 1. The molecule has 0 radical (unpaired) electrons. The van der Waals surface area contributed by atoms with E-state index >= 15 is 0 Å². The highest BCUT2D eigenvalue weighted by atomic mass is 16.5. The predicted octanol–water partition coefficient (Wildman–Crippen LogP) is 4.71. The Morgan fingerprint density at radius 3 is 2.57 bits per heavy atom. The van der Waals surface area contributed by atoms with E-state index in [1.807, 2.05) is 28.9 Å². The van der Waals surface area contributed by atoms with Crippen LogP contribution in [0.15, 0.2) is 59.4 Å². The van der Waals surface area contributed by atoms with Gasteiger partial charge in [0, 0.05) is 16.5 Å². The second-order valence-corrected chi connectivity index (χ2v) is 10.7. The standard InChI is InChI=1S/C29H36N6O2/c1-5-29(2,3)35-27(31-32-33-35)26(24-19-22-18-23(37-4)11-12-25(22)30-28(24)36)34-15-13-21(14-16-34)17-20-9-7-6-8-10-20/h6-12,18-19,21,26H,5,13-17H2,1-4H3,(H,30,36)/t26-/m1/s1. The zero-order valence-electron chi connectivity index (χ0n) is 22.1. The first-order chi connectivity index (χ1) is 17.9. The van der Waals surface area contributed by atoms with E-state index in [2.05, 4.69) is 76.5 Å². The molecule has 2 aromatic heterocycles. The third-order valence-electron chi connectivity index (χ3n) is 7.93. The van der Waals surface area contributed by atoms with Crippen molar-refractivity contribution in [1.82, 2.24) is 30.1 Å². The number of nitrogens with zero attached hydrogens (tertiary/aromatic N) is 5. The highest BCUT2D eigenvalue weighted by Crippen LogP contribution is 2.34. The Hall–Kier alpha value is -3.52. The first kappa shape index (κ1) is 25.1. The van der Waals surface area contributed by atoms with Gasteiger partial charge in [0.1, 0.15) is 11.8 Å². The van der Waals surface area contributed by atoms with Crippen LogP contribution in [0.25, 0.3) is 10.9 Å². The van der Waals surface area contributed by atoms with E-state index in [-0.39, 0.29) is 17.1 Å². The van der Waals surface area contributed by atoms with Gasteiger partial charge in [-0.3, -0.25) is 9.69 Å². The van der Waals surface area contributed by atoms with Crippen LogP contribution in [0.5, 0.6) is 5.75 Å². The minimum absolute atomic E-state index is 0.113. The van der Waals surface area contributed by atoms with E-state index in [0.717, 1.165) is 55.4 Å². The van der Waals surface area contributed by atoms with E-state index in [1.54, 1.807) is 7.11 Å². The van der Waals surface area contributed by atoms with Crippen molar-refractivity contribution in [1.29, 1.82) is 0 Å². The van der Waals surface area contributed by atoms with Crippen molar-refractivity contribution in [3.05, 3.63) is 81.9 Å². The quantitative estimate of drug-likeness (QED) is 0.377. The molecule has 3 heterocycles. The zero-order valence-corrected chi connectivity index (χ0v) is 22.1. The number of benzene rings is 2. The Balaban J connectivity index is 1.53. The first-order valence-electron chi connectivity index (χ1n) is 13.2. The Labute approximate surface area is 217 Å². The van der Waals surface area contributed by atoms with Gasteiger partial charge in [0.05, 0.1) is 12.6 Å². The lowest BCUT2D eigenvalue weighted by atomic mass is 9.88. The molecule has 0 unspecified atom stereocenters. The normalized spacial score (nSPS) is 16.2. The van der Waals surface area contributed by atoms with Gasteiger partial charge in [-0.05, 0) is 98.8 Å². The summed E-state index contributed by atoms with van der Waals surface area (Å²) in [5.74, 6) is 2.07. The van der Waals surface area contributed by atoms with E-state index in [0.29, 0.717) is 17.3 Å². The van der Waals surface area contributed by atoms with E-state index < -0.39 is 0 Å². The molecule has 0 spiro atoms. The molecule has 8 nitrogen and oxygen atoms in total. The minimum atomic E-state index is -0.349. The van der Waals surface area contributed by atoms with Crippen LogP contribution >= 0.6 is 0 Å². The molecule has 5 rings (SSSR count). The molecule has 0 amide bonds. The highest BCUT2D eigenvalue weighted by Gasteiger charge is 2.36. The number of likely N-dealkylation sites (tertiary alicyclic amines) is 1. The summed E-state index contributed by atoms with van der Waals surface area (Å²) >= 11 is 0. The van der Waals surface area contributed by atoms with Gasteiger partial charge in [-0.25, -0.2) is 4.68 Å². The van der Waals surface area contributed by atoms with Crippen LogP contribution in [0.2, 0.25) is 0 Å². The van der Waals surface area contributed by atoms with Gasteiger partial charge in [-0.15, -0.1) is 5.10 Å². The van der Waals surface area contributed by atoms with Crippen LogP contribution in [0, 0.1) is 5.92 Å². The Morgan fingerprint density at radius 2 is 1.86 bits per heavy atom. The number of nitrogens with one attached hydrogen (secondary N) is 1. The average Bonchev–Trinajstić information content (AvgIpc) is 3.41. The van der Waals surface area contributed by atoms with Crippen molar-refractivity contribution < 1.29 is 4.74 Å². The monoisotopic (exact) mass is 500 g/mol. The average molecular weight is 501 g/mol. The van der Waals surface area contributed by atoms with Crippen molar-refractivity contribution in [2.75, 3.05) is 20.2 Å². The molecule has 4 aromatic rings. The number of hydrogen-bond acceptors (Lipinski definition) is 6. The highest BCUT2D eigenvalue weighted by molar-refractivity contribution is 5.80. The van der Waals surface area contributed by atoms with Gasteiger partial charge in [-0.2, -0.15) is 0 Å². The van der Waals surface area contributed by atoms with Gasteiger partial charge < -0.3 is 9.72 Å². The maximum Gasteiger partial charge on any atom is 0.253 e. The fourth-order valence-corrected chi connectivity index (χ4v) is 5.34. The smallest absolute Gasteiger partial charge is 0.253 e. The summed E-state index contributed by atoms with van der Waals surface area (Å²) in [7, 11) is 1.65. The lowest BCUT2D eigenvalue weighted by Crippen LogP contribution is -2.42. The van der Waals surface area contributed by atoms with Crippen LogP contribution in [-0.2, 0) is 12.0 Å². The van der Waals surface area contributed by atoms with Crippen LogP contribution < -0.4 is 10.3 Å². The van der Waals surface area contributed by atoms with E-state index in [4.69, 9.17) is 4.74 Å². The number of H-pyrrole nitrogens is 1. The van der Waals surface area contributed by atoms with E-state index in [1.165, 1.54) is 5.56 Å². The number of ether oxygens (including phenoxy) is 1. The number of rotatable bonds is 8. The van der Waals surface area contributed by atoms with Crippen LogP contribution in [-0.4, -0.2) is 50.3 Å². The molecular formula is C29H36N6O2. The van der Waals surface area contributed by atoms with Crippen molar-refractivity contribution in [2.24, 2.45) is 5.92 Å². The number of methoxy groups -OCH3 is 1. The number of aromatic nitrogens is 5. The SMILES string of the molecule is CCC(C)(C)n1nnnc1[C@@H](c1cc2cc(OC)ccc2[nH]c1=O)N1CCC(Cc2ccccc2)CC1. The second kappa shape index (κ2) is 10.5. The van der Waals surface area contributed by atoms with Crippen LogP contribution in [0.3, 0.4) is 0 Å². The largest absolute Gasteiger partial charge is 0.497 e. The fourth-order valence-electron chi connectivity index (χ4n) is 5.34. The lowest BCUT2D eigenvalue weighted by molar-refractivity contribution is 0.137. The summed E-state index contributed by atoms with van der Waals surface area (Å²) in [6.45, 7) is 8.13. The molecule has 194 valence electrons. The first-order valence-corrected chi connectivity index (χ1v) is 13.2. The fraction of sp³-hybridized carbons (Fsp3) is 0.448. The summed E-state index contributed by atoms with van der Waals surface area (Å²) in [4.78, 5) is 19.0. The Morgan fingerprint density at radius 1 is 1.11 bits per heavy atom. The van der Waals surface area contributed by atoms with Crippen molar-refractivity contribution in [2.45, 2.75) is 58.0 Å². The third-order valence-corrected chi connectivity index (χ3v) is 7.93. The Kier molecular flexibility index (Phi) is 7.11. The molecule has 8 heteroatoms. The molecule has 1 aliphatic heterocycles. The number of piperidine rings is 1. The summed E-state index contributed by atoms with van der Waals surface area (Å²) in [6, 6.07) is 18.0. The lowest BCUT2D eigenvalue weighted by Gasteiger charge is -2.38. The molecule has 1 fully saturated rings. The second-order valence-electron chi connectivity index (χ2n) is 10.7. The molecule has 0 saturated carbocycles. The number of fused-ring (bicyclic) bond motifs is 1. The van der Waals surface area contributed by atoms with Gasteiger partial charge in [0.25, 0.3) is 5.56 Å². The molecule has 0 aliphatic carbocycles. The molecule has 0 bridgehead atoms. The van der Waals surface area contributed by atoms with Crippen LogP contribution in [0.1, 0.15) is 63.0 Å². The number of tetrazole rings is 1. The topological polar surface area (TPSA) is 88.9 Å². The Bertz CT molecular complexity index is 1400. The van der Waals surface area contributed by atoms with Gasteiger partial charge >= 0.3 is 0 Å². The third kappa shape index (κ3) is 5.16. The maximum atomic E-state index is 13.5. The van der Waals surface area contributed by atoms with Crippen molar-refractivity contribution >= 4 is 10.9 Å². The molecule has 2 aromatic carbocycles. The number of aromatic amines is 1. The molecule has 1 aliphatic rings. The predicted molar refractivity (Wildman–Crippen MR) is 145 cm³/mol. The van der Waals surface area contributed by atoms with Gasteiger partial charge in [0.15, 0.2) is 5.82 Å². The van der Waals surface area contributed by atoms with Crippen molar-refractivity contribution in [3.8, 4) is 5.75 Å². The van der Waals surface area contributed by atoms with Gasteiger partial charge in [-0.1, -0.05) is 37.3 Å². The van der Waals surface area contributed by atoms with Crippen molar-refractivity contribution in [3.63, 3.8) is 0 Å². The van der Waals surface area contributed by atoms with Gasteiger partial charge in [0.2, 0.25) is 0 Å². The van der Waals surface area contributed by atoms with Crippen LogP contribution in [0.4, 0.5) is 0 Å². The maximum absolute atomic E-state index is 13.5. The summed E-state index contributed by atoms with van der Waals surface area (Å²) in [6.07, 6.45) is 4.06. The van der Waals surface area contributed by atoms with E-state index in [9.17, 15) is 4.79 Å².